The number of methoxy groups -OCH3 is 2. The third kappa shape index (κ3) is 2.79. The molecule has 0 fully saturated rings. The predicted molar refractivity (Wildman–Crippen MR) is 98.8 cm³/mol. The molecule has 0 aliphatic rings. The lowest BCUT2D eigenvalue weighted by Gasteiger charge is -2.07. The number of hydrogen-bond donors (Lipinski definition) is 0. The van der Waals surface area contributed by atoms with Gasteiger partial charge in [0.15, 0.2) is 17.3 Å². The molecule has 3 aromatic heterocycles. The Morgan fingerprint density at radius 2 is 2.00 bits per heavy atom. The van der Waals surface area contributed by atoms with Crippen LogP contribution >= 0.6 is 22.7 Å². The summed E-state index contributed by atoms with van der Waals surface area (Å²) in [5.74, 6) is 1.70. The average Bonchev–Trinajstić information content (AvgIpc) is 3.34. The van der Waals surface area contributed by atoms with Gasteiger partial charge in [-0.2, -0.15) is 9.50 Å². The van der Waals surface area contributed by atoms with Crippen molar-refractivity contribution in [2.24, 2.45) is 0 Å². The minimum atomic E-state index is -0.160. The van der Waals surface area contributed by atoms with E-state index < -0.39 is 0 Å². The van der Waals surface area contributed by atoms with Crippen molar-refractivity contribution in [2.45, 2.75) is 0 Å². The first-order valence-corrected chi connectivity index (χ1v) is 9.06. The molecule has 0 unspecified atom stereocenters. The van der Waals surface area contributed by atoms with Crippen LogP contribution in [0.25, 0.3) is 22.4 Å². The van der Waals surface area contributed by atoms with Crippen LogP contribution in [0.15, 0.2) is 40.5 Å². The number of aromatic nitrogens is 3. The minimum Gasteiger partial charge on any atom is -0.493 e. The van der Waals surface area contributed by atoms with Gasteiger partial charge in [-0.3, -0.25) is 4.79 Å². The second kappa shape index (κ2) is 6.30. The maximum absolute atomic E-state index is 12.5. The molecule has 0 N–H and O–H groups in total. The van der Waals surface area contributed by atoms with Crippen LogP contribution in [-0.2, 0) is 0 Å². The SMILES string of the molecule is COc1ccc(-c2nc3s/c(=C/c4cccs4)c(=O)n3n2)cc1OC. The van der Waals surface area contributed by atoms with Crippen molar-refractivity contribution in [2.75, 3.05) is 14.2 Å². The van der Waals surface area contributed by atoms with E-state index in [0.29, 0.717) is 26.8 Å². The molecule has 0 radical (unpaired) electrons. The Morgan fingerprint density at radius 1 is 1.16 bits per heavy atom. The monoisotopic (exact) mass is 371 g/mol. The lowest BCUT2D eigenvalue weighted by atomic mass is 10.2. The van der Waals surface area contributed by atoms with Crippen molar-refractivity contribution in [3.05, 3.63) is 55.5 Å². The molecule has 126 valence electrons. The maximum atomic E-state index is 12.5. The molecule has 3 heterocycles. The third-order valence-electron chi connectivity index (χ3n) is 3.64. The molecular weight excluding hydrogens is 358 g/mol. The Kier molecular flexibility index (Phi) is 3.98. The zero-order valence-corrected chi connectivity index (χ0v) is 15.1. The number of benzene rings is 1. The molecule has 4 aromatic rings. The van der Waals surface area contributed by atoms with Crippen LogP contribution in [0.3, 0.4) is 0 Å². The predicted octanol–water partition coefficient (Wildman–Crippen LogP) is 2.44. The number of nitrogens with zero attached hydrogens (tertiary/aromatic N) is 3. The van der Waals surface area contributed by atoms with Crippen molar-refractivity contribution >= 4 is 33.7 Å². The van der Waals surface area contributed by atoms with Gasteiger partial charge >= 0.3 is 0 Å². The van der Waals surface area contributed by atoms with Crippen LogP contribution in [0.4, 0.5) is 0 Å². The van der Waals surface area contributed by atoms with E-state index in [0.717, 1.165) is 10.4 Å². The molecule has 8 heteroatoms. The highest BCUT2D eigenvalue weighted by molar-refractivity contribution is 7.15. The average molecular weight is 371 g/mol. The van der Waals surface area contributed by atoms with E-state index in [1.54, 1.807) is 37.7 Å². The van der Waals surface area contributed by atoms with E-state index in [2.05, 4.69) is 10.1 Å². The van der Waals surface area contributed by atoms with Crippen molar-refractivity contribution in [3.63, 3.8) is 0 Å². The van der Waals surface area contributed by atoms with E-state index >= 15 is 0 Å². The highest BCUT2D eigenvalue weighted by Gasteiger charge is 2.14. The standard InChI is InChI=1S/C17H13N3O3S2/c1-22-12-6-5-10(8-13(12)23-2)15-18-17-20(19-15)16(21)14(25-17)9-11-4-3-7-24-11/h3-9H,1-2H3/b14-9+. The zero-order valence-electron chi connectivity index (χ0n) is 13.4. The lowest BCUT2D eigenvalue weighted by Crippen LogP contribution is -2.23. The highest BCUT2D eigenvalue weighted by Crippen LogP contribution is 2.31. The fraction of sp³-hybridized carbons (Fsp3) is 0.118. The fourth-order valence-electron chi connectivity index (χ4n) is 2.43. The van der Waals surface area contributed by atoms with Crippen LogP contribution in [0.2, 0.25) is 0 Å². The van der Waals surface area contributed by atoms with E-state index in [1.807, 2.05) is 29.7 Å². The molecule has 6 nitrogen and oxygen atoms in total. The van der Waals surface area contributed by atoms with E-state index in [1.165, 1.54) is 15.9 Å². The molecule has 0 saturated heterocycles. The molecule has 0 aliphatic carbocycles. The summed E-state index contributed by atoms with van der Waals surface area (Å²) in [5, 5.41) is 6.33. The van der Waals surface area contributed by atoms with E-state index in [-0.39, 0.29) is 5.56 Å². The Labute approximate surface area is 150 Å². The molecule has 4 rings (SSSR count). The van der Waals surface area contributed by atoms with Crippen LogP contribution in [0, 0.1) is 0 Å². The normalized spacial score (nSPS) is 12.0. The van der Waals surface area contributed by atoms with E-state index in [9.17, 15) is 4.79 Å². The first-order chi connectivity index (χ1) is 12.2. The van der Waals surface area contributed by atoms with E-state index in [4.69, 9.17) is 9.47 Å². The first kappa shape index (κ1) is 15.8. The summed E-state index contributed by atoms with van der Waals surface area (Å²) in [6.07, 6.45) is 1.87. The summed E-state index contributed by atoms with van der Waals surface area (Å²) >= 11 is 2.91. The summed E-state index contributed by atoms with van der Waals surface area (Å²) < 4.78 is 12.5. The number of hydrogen-bond acceptors (Lipinski definition) is 7. The van der Waals surface area contributed by atoms with Crippen LogP contribution in [0.1, 0.15) is 4.88 Å². The molecule has 0 bridgehead atoms. The van der Waals surface area contributed by atoms with Crippen LogP contribution in [0.5, 0.6) is 11.5 Å². The van der Waals surface area contributed by atoms with Gasteiger partial charge in [-0.1, -0.05) is 17.4 Å². The molecule has 0 saturated carbocycles. The van der Waals surface area contributed by atoms with Gasteiger partial charge in [0.05, 0.1) is 18.8 Å². The van der Waals surface area contributed by atoms with Gasteiger partial charge in [0, 0.05) is 10.4 Å². The van der Waals surface area contributed by atoms with Crippen LogP contribution < -0.4 is 19.6 Å². The fourth-order valence-corrected chi connectivity index (χ4v) is 4.06. The molecule has 25 heavy (non-hydrogen) atoms. The first-order valence-electron chi connectivity index (χ1n) is 7.37. The number of ether oxygens (including phenoxy) is 2. The van der Waals surface area contributed by atoms with Crippen molar-refractivity contribution in [1.29, 1.82) is 0 Å². The second-order valence-corrected chi connectivity index (χ2v) is 7.12. The van der Waals surface area contributed by atoms with Gasteiger partial charge in [-0.25, -0.2) is 0 Å². The molecule has 0 spiro atoms. The summed E-state index contributed by atoms with van der Waals surface area (Å²) in [6.45, 7) is 0. The smallest absolute Gasteiger partial charge is 0.291 e. The van der Waals surface area contributed by atoms with Gasteiger partial charge in [0.2, 0.25) is 4.96 Å². The number of thiazole rings is 1. The Balaban J connectivity index is 1.80. The maximum Gasteiger partial charge on any atom is 0.291 e. The Hall–Kier alpha value is -2.71. The molecular formula is C17H13N3O3S2. The largest absolute Gasteiger partial charge is 0.493 e. The minimum absolute atomic E-state index is 0.160. The second-order valence-electron chi connectivity index (χ2n) is 5.13. The Bertz CT molecular complexity index is 1150. The van der Waals surface area contributed by atoms with Gasteiger partial charge < -0.3 is 9.47 Å². The molecule has 0 aliphatic heterocycles. The lowest BCUT2D eigenvalue weighted by molar-refractivity contribution is 0.355. The Morgan fingerprint density at radius 3 is 2.68 bits per heavy atom. The van der Waals surface area contributed by atoms with Crippen molar-refractivity contribution in [1.82, 2.24) is 14.6 Å². The summed E-state index contributed by atoms with van der Waals surface area (Å²) in [7, 11) is 3.15. The van der Waals surface area contributed by atoms with Crippen molar-refractivity contribution in [3.8, 4) is 22.9 Å². The summed E-state index contributed by atoms with van der Waals surface area (Å²) in [6, 6.07) is 9.34. The number of rotatable bonds is 4. The third-order valence-corrected chi connectivity index (χ3v) is 5.42. The number of thiophene rings is 1. The summed E-state index contributed by atoms with van der Waals surface area (Å²) in [5.41, 5.74) is 0.601. The number of fused-ring (bicyclic) bond motifs is 1. The van der Waals surface area contributed by atoms with Crippen LogP contribution in [-0.4, -0.2) is 28.8 Å². The zero-order chi connectivity index (χ0) is 17.4. The molecule has 0 amide bonds. The van der Waals surface area contributed by atoms with Crippen molar-refractivity contribution < 1.29 is 9.47 Å². The molecule has 1 aromatic carbocycles. The summed E-state index contributed by atoms with van der Waals surface area (Å²) in [4.78, 5) is 18.6. The van der Waals surface area contributed by atoms with Gasteiger partial charge in [0.1, 0.15) is 0 Å². The quantitative estimate of drug-likeness (QED) is 0.551. The van der Waals surface area contributed by atoms with Gasteiger partial charge in [0.25, 0.3) is 5.56 Å². The van der Waals surface area contributed by atoms with Gasteiger partial charge in [-0.05, 0) is 35.7 Å². The van der Waals surface area contributed by atoms with Gasteiger partial charge in [-0.15, -0.1) is 16.4 Å². The topological polar surface area (TPSA) is 65.7 Å². The molecule has 0 atom stereocenters. The highest BCUT2D eigenvalue weighted by atomic mass is 32.1.